The molecule has 0 spiro atoms. The zero-order chi connectivity index (χ0) is 50.3. The lowest BCUT2D eigenvalue weighted by Crippen LogP contribution is -2.65. The van der Waals surface area contributed by atoms with Gasteiger partial charge in [-0.2, -0.15) is 0 Å². The van der Waals surface area contributed by atoms with E-state index in [1.165, 1.54) is 54.3 Å². The number of aliphatic hydroxyl groups excluding tert-OH is 1. The first-order chi connectivity index (χ1) is 31.6. The van der Waals surface area contributed by atoms with Crippen LogP contribution in [0, 0.1) is 23.7 Å². The van der Waals surface area contributed by atoms with Gasteiger partial charge in [0.15, 0.2) is 30.6 Å². The van der Waals surface area contributed by atoms with Crippen molar-refractivity contribution in [3.05, 3.63) is 47.8 Å². The van der Waals surface area contributed by atoms with Crippen LogP contribution in [0.1, 0.15) is 81.6 Å². The van der Waals surface area contributed by atoms with Crippen LogP contribution < -0.4 is 0 Å². The van der Waals surface area contributed by atoms with E-state index >= 15 is 0 Å². The topological polar surface area (TPSA) is 227 Å². The van der Waals surface area contributed by atoms with Gasteiger partial charge in [0.25, 0.3) is 0 Å². The van der Waals surface area contributed by atoms with E-state index in [2.05, 4.69) is 0 Å². The number of cyclic esters (lactones) is 1. The Kier molecular flexibility index (Phi) is 22.8. The summed E-state index contributed by atoms with van der Waals surface area (Å²) in [5, 5.41) is 11.8. The summed E-state index contributed by atoms with van der Waals surface area (Å²) in [6, 6.07) is -0.766. The maximum Gasteiger partial charge on any atom is 0.334 e. The van der Waals surface area contributed by atoms with Gasteiger partial charge in [0.1, 0.15) is 30.2 Å². The molecule has 3 aliphatic heterocycles. The number of rotatable bonds is 15. The molecule has 1 N–H and O–H groups in total. The number of carbonyl (C=O) groups is 6. The highest BCUT2D eigenvalue weighted by Crippen LogP contribution is 2.37. The third-order valence-electron chi connectivity index (χ3n) is 12.1. The molecule has 67 heavy (non-hydrogen) atoms. The number of aliphatic hydroxyl groups is 1. The van der Waals surface area contributed by atoms with E-state index in [0.29, 0.717) is 12.0 Å². The van der Waals surface area contributed by atoms with Crippen molar-refractivity contribution in [2.45, 2.75) is 155 Å². The van der Waals surface area contributed by atoms with E-state index in [9.17, 15) is 33.9 Å². The van der Waals surface area contributed by atoms with Crippen LogP contribution in [0.3, 0.4) is 0 Å². The molecular weight excluding hydrogens is 879 g/mol. The van der Waals surface area contributed by atoms with E-state index in [1.54, 1.807) is 65.8 Å². The Balaban J connectivity index is 2.13. The van der Waals surface area contributed by atoms with Crippen LogP contribution in [0.15, 0.2) is 47.8 Å². The second-order valence-corrected chi connectivity index (χ2v) is 17.5. The second-order valence-electron chi connectivity index (χ2n) is 17.5. The minimum absolute atomic E-state index is 0.0639. The molecule has 3 heterocycles. The van der Waals surface area contributed by atoms with Gasteiger partial charge in [0.05, 0.1) is 44.1 Å². The summed E-state index contributed by atoms with van der Waals surface area (Å²) in [7, 11) is 7.59. The predicted octanol–water partition coefficient (Wildman–Crippen LogP) is 4.50. The second kappa shape index (κ2) is 26.9. The van der Waals surface area contributed by atoms with Gasteiger partial charge in [-0.05, 0) is 66.1 Å². The number of nitrogens with zero attached hydrogens (tertiary/aromatic N) is 1. The van der Waals surface area contributed by atoms with Crippen molar-refractivity contribution in [2.24, 2.45) is 23.7 Å². The highest BCUT2D eigenvalue weighted by molar-refractivity contribution is 5.91. The normalized spacial score (nSPS) is 36.8. The van der Waals surface area contributed by atoms with E-state index in [1.807, 2.05) is 13.0 Å². The van der Waals surface area contributed by atoms with Crippen LogP contribution in [0.5, 0.6) is 0 Å². The van der Waals surface area contributed by atoms with E-state index < -0.39 is 133 Å². The van der Waals surface area contributed by atoms with Crippen LogP contribution in [0.2, 0.25) is 0 Å². The van der Waals surface area contributed by atoms with Gasteiger partial charge in [0.2, 0.25) is 0 Å². The molecule has 16 atom stereocenters. The number of methoxy groups -OCH3 is 3. The van der Waals surface area contributed by atoms with E-state index in [-0.39, 0.29) is 25.2 Å². The van der Waals surface area contributed by atoms with Crippen molar-refractivity contribution in [3.63, 3.8) is 0 Å². The van der Waals surface area contributed by atoms with Crippen molar-refractivity contribution < 1.29 is 86.0 Å². The number of ether oxygens (including phenoxy) is 11. The van der Waals surface area contributed by atoms with Crippen LogP contribution in [-0.2, 0) is 80.9 Å². The van der Waals surface area contributed by atoms with Gasteiger partial charge >= 0.3 is 29.8 Å². The van der Waals surface area contributed by atoms with Gasteiger partial charge in [0, 0.05) is 58.8 Å². The van der Waals surface area contributed by atoms with Crippen LogP contribution >= 0.6 is 0 Å². The molecule has 378 valence electrons. The Hall–Kier alpha value is -4.50. The van der Waals surface area contributed by atoms with Crippen molar-refractivity contribution in [1.29, 1.82) is 0 Å². The minimum Gasteiger partial charge on any atom is -0.512 e. The highest BCUT2D eigenvalue weighted by Gasteiger charge is 2.52. The Morgan fingerprint density at radius 3 is 1.96 bits per heavy atom. The molecule has 0 saturated carbocycles. The molecule has 0 aromatic heterocycles. The van der Waals surface area contributed by atoms with Crippen molar-refractivity contribution in [2.75, 3.05) is 42.0 Å². The smallest absolute Gasteiger partial charge is 0.334 e. The van der Waals surface area contributed by atoms with Crippen molar-refractivity contribution >= 4 is 35.6 Å². The van der Waals surface area contributed by atoms with Gasteiger partial charge in [-0.1, -0.05) is 44.6 Å². The quantitative estimate of drug-likeness (QED) is 0.135. The van der Waals surface area contributed by atoms with Crippen LogP contribution in [0.25, 0.3) is 0 Å². The minimum atomic E-state index is -1.33. The molecule has 0 bridgehead atoms. The largest absolute Gasteiger partial charge is 0.512 e. The fraction of sp³-hybridized carbons (Fsp3) is 0.708. The van der Waals surface area contributed by atoms with Gasteiger partial charge in [-0.25, -0.2) is 9.59 Å². The Morgan fingerprint density at radius 2 is 1.39 bits per heavy atom. The summed E-state index contributed by atoms with van der Waals surface area (Å²) in [5.74, 6) is -6.89. The van der Waals surface area contributed by atoms with Crippen LogP contribution in [-0.4, -0.2) is 161 Å². The molecule has 0 aromatic rings. The number of allylic oxidation sites excluding steroid dienone is 4. The summed E-state index contributed by atoms with van der Waals surface area (Å²) in [4.78, 5) is 78.6. The molecule has 3 rings (SSSR count). The Morgan fingerprint density at radius 1 is 0.806 bits per heavy atom. The van der Waals surface area contributed by atoms with Crippen molar-refractivity contribution in [1.82, 2.24) is 4.90 Å². The molecule has 3 aliphatic rings. The third kappa shape index (κ3) is 16.3. The molecule has 2 saturated heterocycles. The molecule has 0 amide bonds. The Bertz CT molecular complexity index is 1810. The monoisotopic (exact) mass is 951 g/mol. The third-order valence-corrected chi connectivity index (χ3v) is 12.1. The zero-order valence-corrected chi connectivity index (χ0v) is 41.4. The lowest BCUT2D eigenvalue weighted by molar-refractivity contribution is -0.306. The number of likely N-dealkylation sites (N-methyl/N-ethyl adjacent to an activating group) is 1. The van der Waals surface area contributed by atoms with Crippen molar-refractivity contribution in [3.8, 4) is 0 Å². The number of esters is 5. The fourth-order valence-electron chi connectivity index (χ4n) is 8.79. The van der Waals surface area contributed by atoms with Crippen LogP contribution in [0.4, 0.5) is 0 Å². The average molecular weight is 952 g/mol. The predicted molar refractivity (Wildman–Crippen MR) is 240 cm³/mol. The lowest BCUT2D eigenvalue weighted by atomic mass is 9.81. The summed E-state index contributed by atoms with van der Waals surface area (Å²) in [6.45, 7) is 14.1. The maximum absolute atomic E-state index is 14.0. The number of hydrogen-bond donors (Lipinski definition) is 1. The summed E-state index contributed by atoms with van der Waals surface area (Å²) in [6.07, 6.45) is -0.835. The first kappa shape index (κ1) is 56.8. The molecule has 0 aliphatic carbocycles. The molecule has 19 heteroatoms. The van der Waals surface area contributed by atoms with E-state index in [0.717, 1.165) is 6.08 Å². The molecular formula is C48H73NO18. The summed E-state index contributed by atoms with van der Waals surface area (Å²) >= 11 is 0. The van der Waals surface area contributed by atoms with Gasteiger partial charge in [-0.15, -0.1) is 0 Å². The van der Waals surface area contributed by atoms with Gasteiger partial charge < -0.3 is 57.2 Å². The molecule has 0 radical (unpaired) electrons. The number of ketones is 1. The molecule has 2 fully saturated rings. The number of carbonyl (C=O) groups excluding carboxylic acids is 6. The summed E-state index contributed by atoms with van der Waals surface area (Å²) in [5.41, 5.74) is 0.648. The number of hydrogen-bond acceptors (Lipinski definition) is 19. The first-order valence-electron chi connectivity index (χ1n) is 22.6. The standard InChI is InChI=1S/C48H73NO18/c1-15-37-34(24-60-47-46(59-14)45(58-13)43(29(6)61-47)64-31(8)51)21-25(2)19-20-35(53)26(3)22-33(17-16-18-38(55)57-12)41(27(4)36(54)23-39(56)66-37)67-48-44(65-32(9)52)40(49(10)11)42(28(5)62-48)63-30(7)50/h16,18-21,23,26-29,33-34,37,40-48,54H,15,17,22,24H2,1-14H3/b18-16+,20-19+,25-21+,36-23+/t26-,27+,28+,29-,33+,34-,37-,40-,41-,42+,43-,44+,45-,46-,47-,48-/m1/s1. The summed E-state index contributed by atoms with van der Waals surface area (Å²) < 4.78 is 64.9. The molecule has 0 unspecified atom stereocenters. The first-order valence-corrected chi connectivity index (χ1v) is 22.6. The average Bonchev–Trinajstić information content (AvgIpc) is 3.25. The Labute approximate surface area is 394 Å². The highest BCUT2D eigenvalue weighted by atomic mass is 16.7. The zero-order valence-electron chi connectivity index (χ0n) is 41.4. The lowest BCUT2D eigenvalue weighted by Gasteiger charge is -2.48. The fourth-order valence-corrected chi connectivity index (χ4v) is 8.79. The SMILES string of the molecule is CC[C@H]1OC(=O)/C=C(/O)[C@H](C)[C@@H](O[C@H]2O[C@@H](C)[C@H](OC(C)=O)[C@@H](N(C)C)[C@@H]2OC(C)=O)[C@@H](C/C=C/C(=O)OC)C[C@@H](C)C(=O)/C=C/C(C)=C/[C@@H]1CO[C@@H]1O[C@H](C)[C@@H](OC(C)=O)[C@@H](OC)[C@H]1OC. The molecule has 0 aromatic carbocycles. The maximum atomic E-state index is 14.0. The molecule has 19 nitrogen and oxygen atoms in total. The van der Waals surface area contributed by atoms with Gasteiger partial charge in [-0.3, -0.25) is 24.1 Å². The van der Waals surface area contributed by atoms with E-state index in [4.69, 9.17) is 52.1 Å².